The average molecular weight is 800 g/mol. The van der Waals surface area contributed by atoms with Gasteiger partial charge >= 0.3 is 14.1 Å². The van der Waals surface area contributed by atoms with Crippen LogP contribution in [0.3, 0.4) is 0 Å². The summed E-state index contributed by atoms with van der Waals surface area (Å²) in [6.07, 6.45) is -0.116. The van der Waals surface area contributed by atoms with Crippen molar-refractivity contribution in [1.29, 1.82) is 0 Å². The predicted molar refractivity (Wildman–Crippen MR) is 199 cm³/mol. The number of alkyl halides is 2. The molecule has 55 heavy (non-hydrogen) atoms. The van der Waals surface area contributed by atoms with E-state index in [0.29, 0.717) is 27.1 Å². The lowest BCUT2D eigenvalue weighted by Gasteiger charge is -2.51. The molecule has 0 saturated carbocycles. The number of fused-ring (bicyclic) bond motifs is 4. The second kappa shape index (κ2) is 13.4. The number of thiophene rings is 1. The summed E-state index contributed by atoms with van der Waals surface area (Å²) in [5.41, 5.74) is 0.224. The average Bonchev–Trinajstić information content (AvgIpc) is 3.50. The number of benzene rings is 2. The number of nitrogens with one attached hydrogen (secondary N) is 1. The van der Waals surface area contributed by atoms with Crippen LogP contribution in [0.4, 0.5) is 13.2 Å². The molecular formula is C38H39F3N4O8PS+. The van der Waals surface area contributed by atoms with Crippen LogP contribution in [0.15, 0.2) is 58.8 Å². The number of morpholine rings is 1. The molecule has 0 radical (unpaired) electrons. The van der Waals surface area contributed by atoms with E-state index >= 15 is 13.2 Å². The Balaban J connectivity index is 1.37. The third-order valence-electron chi connectivity index (χ3n) is 10.4. The summed E-state index contributed by atoms with van der Waals surface area (Å²) in [5.74, 6) is -6.46. The summed E-state index contributed by atoms with van der Waals surface area (Å²) < 4.78 is 72.0. The Bertz CT molecular complexity index is 2300. The monoisotopic (exact) mass is 799 g/mol. The minimum Gasteiger partial charge on any atom is -0.468 e. The fourth-order valence-corrected chi connectivity index (χ4v) is 10.9. The van der Waals surface area contributed by atoms with Gasteiger partial charge < -0.3 is 14.4 Å². The van der Waals surface area contributed by atoms with Gasteiger partial charge in [-0.3, -0.25) is 28.6 Å². The first-order valence-electron chi connectivity index (χ1n) is 17.8. The summed E-state index contributed by atoms with van der Waals surface area (Å²) in [5, 5.41) is 6.22. The van der Waals surface area contributed by atoms with Crippen molar-refractivity contribution in [1.82, 2.24) is 14.7 Å². The molecule has 0 bridgehead atoms. The van der Waals surface area contributed by atoms with Crippen molar-refractivity contribution < 1.29 is 46.2 Å². The predicted octanol–water partition coefficient (Wildman–Crippen LogP) is 6.15. The van der Waals surface area contributed by atoms with Crippen LogP contribution in [0.25, 0.3) is 21.6 Å². The van der Waals surface area contributed by atoms with Crippen molar-refractivity contribution in [2.45, 2.75) is 58.3 Å². The molecule has 1 fully saturated rings. The Morgan fingerprint density at radius 3 is 2.64 bits per heavy atom. The molecule has 1 saturated heterocycles. The zero-order valence-electron chi connectivity index (χ0n) is 30.6. The van der Waals surface area contributed by atoms with Gasteiger partial charge in [0, 0.05) is 41.2 Å². The molecular weight excluding hydrogens is 760 g/mol. The number of rotatable bonds is 8. The van der Waals surface area contributed by atoms with E-state index in [1.165, 1.54) is 40.3 Å². The number of ether oxygens (including phenoxy) is 2. The van der Waals surface area contributed by atoms with Gasteiger partial charge in [0.15, 0.2) is 11.7 Å². The fraction of sp³-hybridized carbons (Fsp3) is 0.395. The molecule has 2 aromatic carbocycles. The normalized spacial score (nSPS) is 21.0. The van der Waals surface area contributed by atoms with Crippen molar-refractivity contribution in [3.63, 3.8) is 0 Å². The molecule has 2 aliphatic carbocycles. The molecule has 0 spiro atoms. The largest absolute Gasteiger partial charge is 0.544 e. The number of pyridine rings is 1. The highest BCUT2D eigenvalue weighted by Crippen LogP contribution is 2.59. The lowest BCUT2D eigenvalue weighted by Crippen LogP contribution is -2.66. The van der Waals surface area contributed by atoms with Gasteiger partial charge in [-0.2, -0.15) is 9.42 Å². The molecule has 2 N–H and O–H groups in total. The van der Waals surface area contributed by atoms with E-state index in [4.69, 9.17) is 18.5 Å². The molecule has 2 aliphatic heterocycles. The van der Waals surface area contributed by atoms with Gasteiger partial charge in [-0.1, -0.05) is 56.2 Å². The topological polar surface area (TPSA) is 132 Å². The molecule has 12 nitrogen and oxygen atoms in total. The zero-order chi connectivity index (χ0) is 39.2. The van der Waals surface area contributed by atoms with E-state index in [0.717, 1.165) is 17.7 Å². The number of hydrogen-bond acceptors (Lipinski definition) is 11. The number of carbonyl (C=O) groups is 2. The third kappa shape index (κ3) is 5.96. The summed E-state index contributed by atoms with van der Waals surface area (Å²) in [6, 6.07) is 9.00. The molecule has 4 atom stereocenters. The van der Waals surface area contributed by atoms with Crippen LogP contribution in [0.1, 0.15) is 66.5 Å². The summed E-state index contributed by atoms with van der Waals surface area (Å²) in [7, 11) is -3.18. The number of amides is 1. The Morgan fingerprint density at radius 1 is 1.15 bits per heavy atom. The molecule has 17 heteroatoms. The van der Waals surface area contributed by atoms with Gasteiger partial charge in [0.1, 0.15) is 12.0 Å². The smallest absolute Gasteiger partial charge is 0.468 e. The van der Waals surface area contributed by atoms with Crippen LogP contribution in [0.5, 0.6) is 5.75 Å². The Hall–Kier alpha value is -4.31. The highest BCUT2D eigenvalue weighted by Gasteiger charge is 2.55. The summed E-state index contributed by atoms with van der Waals surface area (Å²) in [4.78, 5) is 55.6. The number of hydrogen-bond donors (Lipinski definition) is 2. The van der Waals surface area contributed by atoms with Crippen molar-refractivity contribution >= 4 is 31.3 Å². The lowest BCUT2D eigenvalue weighted by molar-refractivity contribution is -0.145. The maximum atomic E-state index is 16.0. The molecule has 290 valence electrons. The minimum absolute atomic E-state index is 0.00256. The molecule has 4 heterocycles. The highest BCUT2D eigenvalue weighted by atomic mass is 32.1. The van der Waals surface area contributed by atoms with Crippen molar-refractivity contribution in [2.24, 2.45) is 5.41 Å². The van der Waals surface area contributed by atoms with Crippen LogP contribution in [-0.4, -0.2) is 72.0 Å². The van der Waals surface area contributed by atoms with Crippen molar-refractivity contribution in [2.75, 3.05) is 38.5 Å². The van der Waals surface area contributed by atoms with Gasteiger partial charge in [-0.05, 0) is 46.0 Å². The van der Waals surface area contributed by atoms with Crippen LogP contribution in [0, 0.1) is 11.2 Å². The van der Waals surface area contributed by atoms with Crippen LogP contribution in [0.2, 0.25) is 0 Å². The molecule has 4 aromatic rings. The summed E-state index contributed by atoms with van der Waals surface area (Å²) in [6.45, 7) is 6.92. The first-order valence-corrected chi connectivity index (χ1v) is 20.2. The molecule has 8 rings (SSSR count). The number of methoxy groups -OCH3 is 1. The van der Waals surface area contributed by atoms with Crippen LogP contribution in [-0.2, 0) is 31.1 Å². The molecule has 2 aromatic heterocycles. The third-order valence-corrected chi connectivity index (χ3v) is 13.1. The van der Waals surface area contributed by atoms with Crippen molar-refractivity contribution in [3.05, 3.63) is 98.0 Å². The van der Waals surface area contributed by atoms with Gasteiger partial charge in [0.25, 0.3) is 17.6 Å². The van der Waals surface area contributed by atoms with Gasteiger partial charge in [0.05, 0.1) is 38.5 Å². The van der Waals surface area contributed by atoms with E-state index in [1.807, 2.05) is 24.3 Å². The molecule has 4 aliphatic rings. The number of halogens is 3. The van der Waals surface area contributed by atoms with E-state index in [2.05, 4.69) is 5.09 Å². The second-order valence-corrected chi connectivity index (χ2v) is 17.5. The van der Waals surface area contributed by atoms with Crippen LogP contribution >= 0.6 is 19.4 Å². The standard InChI is InChI=1S/C38H39F3N4O8PS/c1-6-52-54(49,42-34(36(48)50-5)37(2,3)4)53-32-25(46)13-14-44-31(32)35(47)43-15-16-51-18-26(43)45(44)30-21-9-7-8-10-22(21)33-27-20(19-55-33)17-38(40,41)29-24(39)12-11-23(30)28(27)29/h7-14,19,26,30,34,42,49H,6,15-18H2,1-5H3/q+1/t26?,30?,34-,54?/m0/s1. The van der Waals surface area contributed by atoms with E-state index in [-0.39, 0.29) is 37.6 Å². The molecule has 1 amide bonds. The quantitative estimate of drug-likeness (QED) is 0.158. The fourth-order valence-electron chi connectivity index (χ4n) is 8.04. The van der Waals surface area contributed by atoms with Gasteiger partial charge in [-0.25, -0.2) is 13.2 Å². The number of esters is 1. The first kappa shape index (κ1) is 37.6. The number of nitrogens with zero attached hydrogens (tertiary/aromatic N) is 3. The minimum atomic E-state index is -4.37. The maximum absolute atomic E-state index is 16.0. The van der Waals surface area contributed by atoms with E-state index in [1.54, 1.807) is 38.1 Å². The first-order chi connectivity index (χ1) is 26.1. The number of aromatic nitrogens is 1. The Morgan fingerprint density at radius 2 is 1.91 bits per heavy atom. The Kier molecular flexibility index (Phi) is 9.18. The van der Waals surface area contributed by atoms with E-state index in [9.17, 15) is 19.3 Å². The van der Waals surface area contributed by atoms with Crippen LogP contribution < -0.4 is 20.0 Å². The Labute approximate surface area is 319 Å². The van der Waals surface area contributed by atoms with Gasteiger partial charge in [-0.15, -0.1) is 11.3 Å². The number of carbonyl (C=O) groups excluding carboxylic acids is 2. The second-order valence-electron chi connectivity index (χ2n) is 14.8. The SMILES string of the molecule is CCO[P+](O)(N[C@@H](C(=O)OC)C(C)(C)C)Oc1c2n(ccc1=O)N(C1c3ccccc3-c3scc4c3-c3c1ccc(F)c3C(F)(F)C4)C1COCCN1C2=O. The van der Waals surface area contributed by atoms with Crippen molar-refractivity contribution in [3.8, 4) is 27.3 Å². The highest BCUT2D eigenvalue weighted by molar-refractivity contribution is 7.59. The van der Waals surface area contributed by atoms with E-state index < -0.39 is 78.5 Å². The maximum Gasteiger partial charge on any atom is 0.544 e. The molecule has 3 unspecified atom stereocenters. The van der Waals surface area contributed by atoms with Gasteiger partial charge in [0.2, 0.25) is 5.43 Å². The zero-order valence-corrected chi connectivity index (χ0v) is 32.3. The lowest BCUT2D eigenvalue weighted by atomic mass is 9.80. The summed E-state index contributed by atoms with van der Waals surface area (Å²) >= 11 is 1.31.